The topological polar surface area (TPSA) is 66.8 Å². The van der Waals surface area contributed by atoms with Crippen molar-refractivity contribution in [2.24, 2.45) is 11.8 Å². The monoisotopic (exact) mass is 311 g/mol. The first-order valence-electron chi connectivity index (χ1n) is 6.78. The summed E-state index contributed by atoms with van der Waals surface area (Å²) in [4.78, 5) is 25.4. The van der Waals surface area contributed by atoms with Gasteiger partial charge in [-0.15, -0.1) is 0 Å². The Balaban J connectivity index is 2.25. The molecule has 1 N–H and O–H groups in total. The van der Waals surface area contributed by atoms with Crippen LogP contribution in [0.3, 0.4) is 0 Å². The Morgan fingerprint density at radius 3 is 2.71 bits per heavy atom. The van der Waals surface area contributed by atoms with Crippen LogP contribution in [0.5, 0.6) is 5.75 Å². The lowest BCUT2D eigenvalue weighted by atomic mass is 9.90. The summed E-state index contributed by atoms with van der Waals surface area (Å²) < 4.78 is 5.19. The molecule has 0 saturated carbocycles. The summed E-state index contributed by atoms with van der Waals surface area (Å²) in [5.41, 5.74) is 0.403. The molecule has 1 aromatic carbocycles. The molecule has 1 aliphatic heterocycles. The highest BCUT2D eigenvalue weighted by Crippen LogP contribution is 2.28. The number of methoxy groups -OCH3 is 1. The maximum Gasteiger partial charge on any atom is 0.308 e. The lowest BCUT2D eigenvalue weighted by molar-refractivity contribution is -0.143. The Bertz CT molecular complexity index is 561. The van der Waals surface area contributed by atoms with Gasteiger partial charge in [0, 0.05) is 18.1 Å². The van der Waals surface area contributed by atoms with E-state index >= 15 is 0 Å². The second-order valence-electron chi connectivity index (χ2n) is 5.43. The molecule has 2 rings (SSSR count). The van der Waals surface area contributed by atoms with Crippen LogP contribution in [0.4, 0.5) is 0 Å². The van der Waals surface area contributed by atoms with Crippen molar-refractivity contribution in [2.75, 3.05) is 20.2 Å². The van der Waals surface area contributed by atoms with Gasteiger partial charge in [0.25, 0.3) is 5.91 Å². The van der Waals surface area contributed by atoms with E-state index in [0.29, 0.717) is 29.3 Å². The predicted molar refractivity (Wildman–Crippen MR) is 78.8 cm³/mol. The number of benzene rings is 1. The molecule has 0 bridgehead atoms. The van der Waals surface area contributed by atoms with Crippen molar-refractivity contribution in [3.8, 4) is 5.75 Å². The van der Waals surface area contributed by atoms with Crippen LogP contribution in [0.1, 0.15) is 23.7 Å². The maximum atomic E-state index is 12.6. The Kier molecular flexibility index (Phi) is 4.73. The van der Waals surface area contributed by atoms with Gasteiger partial charge in [0.2, 0.25) is 0 Å². The first-order valence-corrected chi connectivity index (χ1v) is 7.15. The van der Waals surface area contributed by atoms with E-state index in [1.807, 2.05) is 6.92 Å². The van der Waals surface area contributed by atoms with Gasteiger partial charge in [-0.05, 0) is 30.5 Å². The molecule has 6 heteroatoms. The molecule has 0 aromatic heterocycles. The summed E-state index contributed by atoms with van der Waals surface area (Å²) in [6.07, 6.45) is 0.594. The van der Waals surface area contributed by atoms with Gasteiger partial charge in [-0.1, -0.05) is 18.5 Å². The van der Waals surface area contributed by atoms with Crippen LogP contribution in [0.25, 0.3) is 0 Å². The zero-order chi connectivity index (χ0) is 15.6. The van der Waals surface area contributed by atoms with Crippen molar-refractivity contribution in [3.05, 3.63) is 28.8 Å². The molecule has 0 radical (unpaired) electrons. The second-order valence-corrected chi connectivity index (χ2v) is 5.87. The highest BCUT2D eigenvalue weighted by atomic mass is 35.5. The number of hydrogen-bond acceptors (Lipinski definition) is 3. The average Bonchev–Trinajstić information content (AvgIpc) is 2.45. The van der Waals surface area contributed by atoms with Gasteiger partial charge >= 0.3 is 5.97 Å². The minimum absolute atomic E-state index is 0.155. The van der Waals surface area contributed by atoms with Gasteiger partial charge in [0.05, 0.1) is 18.6 Å². The van der Waals surface area contributed by atoms with Crippen LogP contribution in [-0.4, -0.2) is 42.1 Å². The summed E-state index contributed by atoms with van der Waals surface area (Å²) >= 11 is 5.89. The Hall–Kier alpha value is -1.75. The number of halogens is 1. The highest BCUT2D eigenvalue weighted by molar-refractivity contribution is 6.30. The quantitative estimate of drug-likeness (QED) is 0.931. The third-order valence-corrected chi connectivity index (χ3v) is 3.93. The van der Waals surface area contributed by atoms with Crippen molar-refractivity contribution in [1.29, 1.82) is 0 Å². The fourth-order valence-electron chi connectivity index (χ4n) is 2.71. The standard InChI is InChI=1S/C15H18ClNO4/c1-9-5-10(15(19)20)8-17(7-9)14(18)12-4-3-11(16)6-13(12)21-2/h3-4,6,9-10H,5,7-8H2,1-2H3,(H,19,20). The zero-order valence-corrected chi connectivity index (χ0v) is 12.8. The van der Waals surface area contributed by atoms with Crippen molar-refractivity contribution in [2.45, 2.75) is 13.3 Å². The molecule has 114 valence electrons. The van der Waals surface area contributed by atoms with E-state index in [9.17, 15) is 14.7 Å². The van der Waals surface area contributed by atoms with Gasteiger partial charge in [0.1, 0.15) is 5.75 Å². The fraction of sp³-hybridized carbons (Fsp3) is 0.467. The minimum atomic E-state index is -0.859. The fourth-order valence-corrected chi connectivity index (χ4v) is 2.87. The number of carbonyl (C=O) groups is 2. The second kappa shape index (κ2) is 6.35. The van der Waals surface area contributed by atoms with Gasteiger partial charge in [-0.3, -0.25) is 9.59 Å². The van der Waals surface area contributed by atoms with Crippen LogP contribution < -0.4 is 4.74 Å². The van der Waals surface area contributed by atoms with E-state index in [2.05, 4.69) is 0 Å². The van der Waals surface area contributed by atoms with E-state index in [-0.39, 0.29) is 18.4 Å². The van der Waals surface area contributed by atoms with Crippen molar-refractivity contribution < 1.29 is 19.4 Å². The van der Waals surface area contributed by atoms with E-state index in [1.54, 1.807) is 23.1 Å². The molecule has 0 spiro atoms. The molecular weight excluding hydrogens is 294 g/mol. The molecule has 1 saturated heterocycles. The number of aliphatic carboxylic acids is 1. The van der Waals surface area contributed by atoms with E-state index in [4.69, 9.17) is 16.3 Å². The first kappa shape index (κ1) is 15.6. The summed E-state index contributed by atoms with van der Waals surface area (Å²) in [5.74, 6) is -1.04. The molecule has 1 heterocycles. The predicted octanol–water partition coefficient (Wildman–Crippen LogP) is 2.53. The molecule has 1 amide bonds. The van der Waals surface area contributed by atoms with Crippen LogP contribution in [0.15, 0.2) is 18.2 Å². The van der Waals surface area contributed by atoms with Crippen LogP contribution in [0, 0.1) is 11.8 Å². The molecule has 5 nitrogen and oxygen atoms in total. The number of likely N-dealkylation sites (tertiary alicyclic amines) is 1. The summed E-state index contributed by atoms with van der Waals surface area (Å²) in [7, 11) is 1.47. The number of rotatable bonds is 3. The number of amides is 1. The van der Waals surface area contributed by atoms with Gasteiger partial charge in [-0.2, -0.15) is 0 Å². The maximum absolute atomic E-state index is 12.6. The van der Waals surface area contributed by atoms with Crippen molar-refractivity contribution in [3.63, 3.8) is 0 Å². The molecule has 1 aromatic rings. The van der Waals surface area contributed by atoms with Crippen molar-refractivity contribution >= 4 is 23.5 Å². The lowest BCUT2D eigenvalue weighted by Crippen LogP contribution is -2.45. The number of carboxylic acids is 1. The number of hydrogen-bond donors (Lipinski definition) is 1. The Morgan fingerprint density at radius 2 is 2.10 bits per heavy atom. The summed E-state index contributed by atoms with van der Waals surface area (Å²) in [5, 5.41) is 9.67. The summed E-state index contributed by atoms with van der Waals surface area (Å²) in [6, 6.07) is 4.81. The molecule has 1 fully saturated rings. The SMILES string of the molecule is COc1cc(Cl)ccc1C(=O)N1CC(C)CC(C(=O)O)C1. The third kappa shape index (κ3) is 3.47. The molecular formula is C15H18ClNO4. The van der Waals surface area contributed by atoms with Gasteiger partial charge in [-0.25, -0.2) is 0 Å². The average molecular weight is 312 g/mol. The van der Waals surface area contributed by atoms with Crippen LogP contribution in [-0.2, 0) is 4.79 Å². The van der Waals surface area contributed by atoms with Crippen molar-refractivity contribution in [1.82, 2.24) is 4.90 Å². The zero-order valence-electron chi connectivity index (χ0n) is 12.0. The number of carboxylic acid groups (broad SMARTS) is 1. The number of carbonyl (C=O) groups excluding carboxylic acids is 1. The van der Waals surface area contributed by atoms with E-state index in [0.717, 1.165) is 0 Å². The first-order chi connectivity index (χ1) is 9.92. The van der Waals surface area contributed by atoms with E-state index in [1.165, 1.54) is 7.11 Å². The van der Waals surface area contributed by atoms with Crippen LogP contribution in [0.2, 0.25) is 5.02 Å². The Labute approximate surface area is 128 Å². The molecule has 1 aliphatic rings. The normalized spacial score (nSPS) is 22.0. The van der Waals surface area contributed by atoms with Gasteiger partial charge in [0.15, 0.2) is 0 Å². The largest absolute Gasteiger partial charge is 0.496 e. The molecule has 2 atom stereocenters. The number of piperidine rings is 1. The van der Waals surface area contributed by atoms with Crippen LogP contribution >= 0.6 is 11.6 Å². The lowest BCUT2D eigenvalue weighted by Gasteiger charge is -2.35. The molecule has 21 heavy (non-hydrogen) atoms. The number of ether oxygens (including phenoxy) is 1. The van der Waals surface area contributed by atoms with E-state index < -0.39 is 11.9 Å². The summed E-state index contributed by atoms with van der Waals surface area (Å²) in [6.45, 7) is 2.73. The minimum Gasteiger partial charge on any atom is -0.496 e. The highest BCUT2D eigenvalue weighted by Gasteiger charge is 2.33. The number of nitrogens with zero attached hydrogens (tertiary/aromatic N) is 1. The third-order valence-electron chi connectivity index (χ3n) is 3.69. The smallest absolute Gasteiger partial charge is 0.308 e. The molecule has 0 aliphatic carbocycles. The molecule has 2 unspecified atom stereocenters. The van der Waals surface area contributed by atoms with Gasteiger partial charge < -0.3 is 14.7 Å². The Morgan fingerprint density at radius 1 is 1.38 bits per heavy atom.